The third-order valence-corrected chi connectivity index (χ3v) is 6.16. The lowest BCUT2D eigenvalue weighted by molar-refractivity contribution is -0.117. The van der Waals surface area contributed by atoms with Crippen LogP contribution < -0.4 is 20.7 Å². The minimum absolute atomic E-state index is 0.0697. The first-order valence-corrected chi connectivity index (χ1v) is 10.8. The molecule has 3 N–H and O–H groups in total. The topological polar surface area (TPSA) is 105 Å². The molecule has 2 heterocycles. The number of benzene rings is 1. The molecule has 3 amide bonds. The molecule has 146 valence electrons. The first-order valence-electron chi connectivity index (χ1n) is 8.10. The lowest BCUT2D eigenvalue weighted by Crippen LogP contribution is -2.39. The summed E-state index contributed by atoms with van der Waals surface area (Å²) in [7, 11) is 1.60. The molecular formula is C17H17N5O3S3. The molecule has 1 aromatic carbocycles. The smallest absolute Gasteiger partial charge is 0.321 e. The number of aromatic nitrogens is 2. The van der Waals surface area contributed by atoms with Gasteiger partial charge in [-0.3, -0.25) is 10.1 Å². The van der Waals surface area contributed by atoms with E-state index in [4.69, 9.17) is 4.74 Å². The molecule has 0 spiro atoms. The van der Waals surface area contributed by atoms with Crippen LogP contribution in [0.3, 0.4) is 0 Å². The minimum atomic E-state index is -0.517. The van der Waals surface area contributed by atoms with E-state index in [0.717, 1.165) is 16.3 Å². The van der Waals surface area contributed by atoms with Crippen LogP contribution >= 0.6 is 34.4 Å². The summed E-state index contributed by atoms with van der Waals surface area (Å²) in [6, 6.07) is 10.7. The van der Waals surface area contributed by atoms with Gasteiger partial charge in [0, 0.05) is 16.6 Å². The molecule has 8 nitrogen and oxygen atoms in total. The molecule has 0 aliphatic heterocycles. The number of hydrogen-bond donors (Lipinski definition) is 3. The third kappa shape index (κ3) is 6.22. The number of ether oxygens (including phenoxy) is 1. The summed E-state index contributed by atoms with van der Waals surface area (Å²) in [6.45, 7) is 0.389. The van der Waals surface area contributed by atoms with Gasteiger partial charge < -0.3 is 15.4 Å². The molecule has 0 atom stereocenters. The minimum Gasteiger partial charge on any atom is -0.497 e. The fourth-order valence-corrected chi connectivity index (χ4v) is 4.27. The van der Waals surface area contributed by atoms with Gasteiger partial charge in [-0.1, -0.05) is 35.2 Å². The van der Waals surface area contributed by atoms with Crippen molar-refractivity contribution in [3.63, 3.8) is 0 Å². The van der Waals surface area contributed by atoms with Gasteiger partial charge in [-0.05, 0) is 23.6 Å². The Labute approximate surface area is 173 Å². The molecule has 28 heavy (non-hydrogen) atoms. The van der Waals surface area contributed by atoms with Crippen molar-refractivity contribution in [2.75, 3.05) is 18.2 Å². The number of urea groups is 1. The van der Waals surface area contributed by atoms with Crippen molar-refractivity contribution in [3.05, 3.63) is 46.7 Å². The molecule has 0 unspecified atom stereocenters. The molecule has 2 aromatic heterocycles. The van der Waals surface area contributed by atoms with Gasteiger partial charge in [0.2, 0.25) is 11.0 Å². The Hall–Kier alpha value is -2.63. The maximum absolute atomic E-state index is 11.9. The van der Waals surface area contributed by atoms with E-state index in [0.29, 0.717) is 16.0 Å². The number of methoxy groups -OCH3 is 1. The number of amides is 3. The average molecular weight is 436 g/mol. The molecule has 0 aliphatic rings. The molecule has 0 fully saturated rings. The number of nitrogens with zero attached hydrogens (tertiary/aromatic N) is 2. The summed E-state index contributed by atoms with van der Waals surface area (Å²) in [6.07, 6.45) is 0. The normalized spacial score (nSPS) is 10.3. The quantitative estimate of drug-likeness (QED) is 0.465. The van der Waals surface area contributed by atoms with Crippen LogP contribution in [0.25, 0.3) is 0 Å². The van der Waals surface area contributed by atoms with Gasteiger partial charge in [-0.15, -0.1) is 21.5 Å². The zero-order chi connectivity index (χ0) is 19.8. The molecule has 0 aliphatic carbocycles. The highest BCUT2D eigenvalue weighted by Crippen LogP contribution is 2.28. The molecule has 3 aromatic rings. The molecule has 3 rings (SSSR count). The number of anilines is 2. The second-order valence-electron chi connectivity index (χ2n) is 5.33. The Bertz CT molecular complexity index is 930. The number of carbonyl (C=O) groups is 2. The maximum Gasteiger partial charge on any atom is 0.321 e. The third-order valence-electron chi connectivity index (χ3n) is 3.31. The van der Waals surface area contributed by atoms with Crippen molar-refractivity contribution in [2.24, 2.45) is 0 Å². The van der Waals surface area contributed by atoms with Gasteiger partial charge in [0.15, 0.2) is 4.34 Å². The SMILES string of the molecule is COc1cccc(Nc2nnc(SCC(=O)NC(=O)NCc3cccs3)s2)c1. The molecular weight excluding hydrogens is 418 g/mol. The number of rotatable bonds is 8. The number of imide groups is 1. The lowest BCUT2D eigenvalue weighted by atomic mass is 10.3. The summed E-state index contributed by atoms with van der Waals surface area (Å²) < 4.78 is 5.80. The Morgan fingerprint density at radius 2 is 2.11 bits per heavy atom. The molecule has 0 radical (unpaired) electrons. The van der Waals surface area contributed by atoms with Crippen molar-refractivity contribution in [1.82, 2.24) is 20.8 Å². The lowest BCUT2D eigenvalue weighted by Gasteiger charge is -2.05. The van der Waals surface area contributed by atoms with E-state index in [1.165, 1.54) is 34.4 Å². The number of hydrogen-bond acceptors (Lipinski definition) is 9. The van der Waals surface area contributed by atoms with Gasteiger partial charge >= 0.3 is 6.03 Å². The van der Waals surface area contributed by atoms with Crippen LogP contribution in [0, 0.1) is 0 Å². The summed E-state index contributed by atoms with van der Waals surface area (Å²) in [5.41, 5.74) is 0.826. The average Bonchev–Trinajstić information content (AvgIpc) is 3.37. The van der Waals surface area contributed by atoms with Crippen molar-refractivity contribution in [2.45, 2.75) is 10.9 Å². The number of carbonyl (C=O) groups excluding carboxylic acids is 2. The number of thioether (sulfide) groups is 1. The summed E-state index contributed by atoms with van der Waals surface area (Å²) in [5, 5.41) is 18.7. The molecule has 0 bridgehead atoms. The van der Waals surface area contributed by atoms with Crippen LogP contribution in [0.4, 0.5) is 15.6 Å². The van der Waals surface area contributed by atoms with Crippen molar-refractivity contribution in [3.8, 4) is 5.75 Å². The Morgan fingerprint density at radius 1 is 1.21 bits per heavy atom. The highest BCUT2D eigenvalue weighted by Gasteiger charge is 2.11. The van der Waals surface area contributed by atoms with Crippen LogP contribution in [-0.2, 0) is 11.3 Å². The monoisotopic (exact) mass is 435 g/mol. The fourth-order valence-electron chi connectivity index (χ4n) is 2.06. The van der Waals surface area contributed by atoms with Gasteiger partial charge in [0.25, 0.3) is 0 Å². The molecule has 0 saturated heterocycles. The predicted molar refractivity (Wildman–Crippen MR) is 112 cm³/mol. The van der Waals surface area contributed by atoms with Gasteiger partial charge in [0.05, 0.1) is 19.4 Å². The first-order chi connectivity index (χ1) is 13.6. The van der Waals surface area contributed by atoms with Crippen molar-refractivity contribution in [1.29, 1.82) is 0 Å². The van der Waals surface area contributed by atoms with E-state index in [9.17, 15) is 9.59 Å². The molecule has 0 saturated carbocycles. The van der Waals surface area contributed by atoms with Crippen LogP contribution in [0.5, 0.6) is 5.75 Å². The fraction of sp³-hybridized carbons (Fsp3) is 0.176. The van der Waals surface area contributed by atoms with Gasteiger partial charge in [-0.25, -0.2) is 4.79 Å². The number of nitrogens with one attached hydrogen (secondary N) is 3. The summed E-state index contributed by atoms with van der Waals surface area (Å²) >= 11 is 4.07. The van der Waals surface area contributed by atoms with Gasteiger partial charge in [0.1, 0.15) is 5.75 Å². The van der Waals surface area contributed by atoms with Crippen molar-refractivity contribution < 1.29 is 14.3 Å². The van der Waals surface area contributed by atoms with E-state index in [1.807, 2.05) is 41.8 Å². The standard InChI is InChI=1S/C17H17N5O3S3/c1-25-12-5-2-4-11(8-12)19-16-21-22-17(28-16)27-10-14(23)20-15(24)18-9-13-6-3-7-26-13/h2-8H,9-10H2,1H3,(H,19,21)(H2,18,20,23,24). The highest BCUT2D eigenvalue weighted by atomic mass is 32.2. The van der Waals surface area contributed by atoms with Crippen LogP contribution in [0.1, 0.15) is 4.88 Å². The Balaban J connectivity index is 1.42. The highest BCUT2D eigenvalue weighted by molar-refractivity contribution is 8.01. The van der Waals surface area contributed by atoms with E-state index in [1.54, 1.807) is 7.11 Å². The summed E-state index contributed by atoms with van der Waals surface area (Å²) in [4.78, 5) is 24.6. The second kappa shape index (κ2) is 10.1. The zero-order valence-corrected chi connectivity index (χ0v) is 17.2. The van der Waals surface area contributed by atoms with Gasteiger partial charge in [-0.2, -0.15) is 0 Å². The van der Waals surface area contributed by atoms with Crippen LogP contribution in [0.2, 0.25) is 0 Å². The van der Waals surface area contributed by atoms with Crippen molar-refractivity contribution >= 4 is 57.2 Å². The maximum atomic E-state index is 11.9. The zero-order valence-electron chi connectivity index (χ0n) is 14.8. The largest absolute Gasteiger partial charge is 0.497 e. The van der Waals surface area contributed by atoms with E-state index in [2.05, 4.69) is 26.1 Å². The predicted octanol–water partition coefficient (Wildman–Crippen LogP) is 3.47. The Morgan fingerprint density at radius 3 is 2.89 bits per heavy atom. The number of thiophene rings is 1. The Kier molecular flexibility index (Phi) is 7.23. The van der Waals surface area contributed by atoms with Crippen LogP contribution in [-0.4, -0.2) is 35.0 Å². The van der Waals surface area contributed by atoms with E-state index in [-0.39, 0.29) is 5.75 Å². The van der Waals surface area contributed by atoms with E-state index >= 15 is 0 Å². The molecule has 11 heteroatoms. The van der Waals surface area contributed by atoms with Crippen LogP contribution in [0.15, 0.2) is 46.1 Å². The van der Waals surface area contributed by atoms with E-state index < -0.39 is 11.9 Å². The summed E-state index contributed by atoms with van der Waals surface area (Å²) in [5.74, 6) is 0.407. The first kappa shape index (κ1) is 20.1. The second-order valence-corrected chi connectivity index (χ2v) is 8.56.